The van der Waals surface area contributed by atoms with Gasteiger partial charge in [0.2, 0.25) is 0 Å². The van der Waals surface area contributed by atoms with E-state index in [9.17, 15) is 4.79 Å². The second kappa shape index (κ2) is 8.62. The predicted octanol–water partition coefficient (Wildman–Crippen LogP) is 2.67. The topological polar surface area (TPSA) is 54.5 Å². The molecule has 1 saturated heterocycles. The van der Waals surface area contributed by atoms with E-state index in [1.54, 1.807) is 23.6 Å². The first-order chi connectivity index (χ1) is 11.8. The zero-order valence-electron chi connectivity index (χ0n) is 13.6. The fraction of sp³-hybridized carbons (Fsp3) is 0.412. The molecule has 3 rings (SSSR count). The number of hydrogen-bond acceptors (Lipinski definition) is 6. The summed E-state index contributed by atoms with van der Waals surface area (Å²) in [6.45, 7) is 3.86. The molecule has 0 saturated carbocycles. The second-order valence-electron chi connectivity index (χ2n) is 5.45. The van der Waals surface area contributed by atoms with Crippen LogP contribution in [0.25, 0.3) is 0 Å². The molecule has 0 aliphatic carbocycles. The molecule has 1 atom stereocenters. The Morgan fingerprint density at radius 1 is 1.42 bits per heavy atom. The summed E-state index contributed by atoms with van der Waals surface area (Å²) in [4.78, 5) is 20.5. The van der Waals surface area contributed by atoms with Gasteiger partial charge in [0.1, 0.15) is 5.03 Å². The molecule has 2 aromatic heterocycles. The van der Waals surface area contributed by atoms with Crippen LogP contribution in [0.5, 0.6) is 0 Å². The standard InChI is InChI=1S/C17H21N3O2S2/c1-23-17-13(4-2-6-18-17)16(21)19-12-14(15-5-3-11-24-15)20-7-9-22-10-8-20/h2-6,11,14H,7-10,12H2,1H3,(H,19,21)/t14-/m0/s1. The van der Waals surface area contributed by atoms with Crippen LogP contribution in [0, 0.1) is 0 Å². The van der Waals surface area contributed by atoms with E-state index in [1.165, 1.54) is 16.6 Å². The summed E-state index contributed by atoms with van der Waals surface area (Å²) >= 11 is 3.22. The Labute approximate surface area is 150 Å². The summed E-state index contributed by atoms with van der Waals surface area (Å²) in [5, 5.41) is 5.93. The molecule has 2 aromatic rings. The maximum absolute atomic E-state index is 12.6. The summed E-state index contributed by atoms with van der Waals surface area (Å²) < 4.78 is 5.46. The number of nitrogens with one attached hydrogen (secondary N) is 1. The molecule has 0 radical (unpaired) electrons. The number of carbonyl (C=O) groups excluding carboxylic acids is 1. The van der Waals surface area contributed by atoms with Gasteiger partial charge in [0.05, 0.1) is 24.8 Å². The summed E-state index contributed by atoms with van der Waals surface area (Å²) in [5.41, 5.74) is 0.636. The predicted molar refractivity (Wildman–Crippen MR) is 97.8 cm³/mol. The van der Waals surface area contributed by atoms with Crippen molar-refractivity contribution in [2.45, 2.75) is 11.1 Å². The van der Waals surface area contributed by atoms with Crippen LogP contribution in [-0.2, 0) is 4.74 Å². The Bertz CT molecular complexity index is 658. The van der Waals surface area contributed by atoms with Crippen LogP contribution in [0.15, 0.2) is 40.9 Å². The minimum atomic E-state index is -0.0673. The Morgan fingerprint density at radius 3 is 2.96 bits per heavy atom. The summed E-state index contributed by atoms with van der Waals surface area (Å²) in [6, 6.07) is 8.00. The van der Waals surface area contributed by atoms with Gasteiger partial charge in [-0.15, -0.1) is 23.1 Å². The fourth-order valence-electron chi connectivity index (χ4n) is 2.79. The molecule has 0 unspecified atom stereocenters. The summed E-state index contributed by atoms with van der Waals surface area (Å²) in [6.07, 6.45) is 3.64. The number of thioether (sulfide) groups is 1. The molecule has 128 valence electrons. The number of pyridine rings is 1. The molecule has 7 heteroatoms. The first-order valence-electron chi connectivity index (χ1n) is 7.92. The fourth-order valence-corrected chi connectivity index (χ4v) is 4.20. The molecule has 0 aromatic carbocycles. The summed E-state index contributed by atoms with van der Waals surface area (Å²) in [7, 11) is 0. The highest BCUT2D eigenvalue weighted by atomic mass is 32.2. The molecule has 24 heavy (non-hydrogen) atoms. The zero-order chi connectivity index (χ0) is 16.8. The van der Waals surface area contributed by atoms with Crippen LogP contribution in [-0.4, -0.2) is 54.9 Å². The van der Waals surface area contributed by atoms with Gasteiger partial charge in [0.25, 0.3) is 5.91 Å². The van der Waals surface area contributed by atoms with Gasteiger partial charge in [-0.1, -0.05) is 6.07 Å². The number of rotatable bonds is 6. The highest BCUT2D eigenvalue weighted by Gasteiger charge is 2.24. The second-order valence-corrected chi connectivity index (χ2v) is 7.22. The summed E-state index contributed by atoms with van der Waals surface area (Å²) in [5.74, 6) is -0.0673. The third-order valence-corrected chi connectivity index (χ3v) is 5.71. The Morgan fingerprint density at radius 2 is 2.25 bits per heavy atom. The lowest BCUT2D eigenvalue weighted by Gasteiger charge is -2.34. The lowest BCUT2D eigenvalue weighted by atomic mass is 10.1. The number of morpholine rings is 1. The average molecular weight is 364 g/mol. The minimum absolute atomic E-state index is 0.0673. The Balaban J connectivity index is 1.70. The van der Waals surface area contributed by atoms with Crippen LogP contribution >= 0.6 is 23.1 Å². The highest BCUT2D eigenvalue weighted by molar-refractivity contribution is 7.98. The maximum atomic E-state index is 12.6. The zero-order valence-corrected chi connectivity index (χ0v) is 15.2. The molecule has 0 spiro atoms. The number of aromatic nitrogens is 1. The van der Waals surface area contributed by atoms with Crippen molar-refractivity contribution in [3.8, 4) is 0 Å². The van der Waals surface area contributed by atoms with Crippen LogP contribution in [0.2, 0.25) is 0 Å². The maximum Gasteiger partial charge on any atom is 0.254 e. The average Bonchev–Trinajstić information content (AvgIpc) is 3.17. The molecule has 5 nitrogen and oxygen atoms in total. The third-order valence-electron chi connectivity index (χ3n) is 4.02. The number of amides is 1. The number of hydrogen-bond donors (Lipinski definition) is 1. The molecular formula is C17H21N3O2S2. The van der Waals surface area contributed by atoms with E-state index < -0.39 is 0 Å². The molecule has 1 aliphatic rings. The first-order valence-corrected chi connectivity index (χ1v) is 10.0. The Kier molecular flexibility index (Phi) is 6.25. The van der Waals surface area contributed by atoms with Crippen molar-refractivity contribution < 1.29 is 9.53 Å². The number of thiophene rings is 1. The molecule has 1 aliphatic heterocycles. The van der Waals surface area contributed by atoms with Gasteiger partial charge in [0.15, 0.2) is 0 Å². The molecule has 1 amide bonds. The van der Waals surface area contributed by atoms with Gasteiger partial charge in [-0.2, -0.15) is 0 Å². The van der Waals surface area contributed by atoms with E-state index >= 15 is 0 Å². The number of ether oxygens (including phenoxy) is 1. The smallest absolute Gasteiger partial charge is 0.254 e. The Hall–Kier alpha value is -1.41. The normalized spacial score (nSPS) is 16.7. The van der Waals surface area contributed by atoms with E-state index in [2.05, 4.69) is 32.7 Å². The first kappa shape index (κ1) is 17.4. The van der Waals surface area contributed by atoms with E-state index in [4.69, 9.17) is 4.74 Å². The van der Waals surface area contributed by atoms with E-state index in [-0.39, 0.29) is 11.9 Å². The van der Waals surface area contributed by atoms with Crippen molar-refractivity contribution in [3.05, 3.63) is 46.3 Å². The highest BCUT2D eigenvalue weighted by Crippen LogP contribution is 2.25. The lowest BCUT2D eigenvalue weighted by molar-refractivity contribution is 0.0169. The molecule has 1 fully saturated rings. The van der Waals surface area contributed by atoms with Crippen LogP contribution in [0.4, 0.5) is 0 Å². The van der Waals surface area contributed by atoms with Gasteiger partial charge in [0, 0.05) is 30.7 Å². The monoisotopic (exact) mass is 363 g/mol. The van der Waals surface area contributed by atoms with Crippen molar-refractivity contribution in [2.75, 3.05) is 39.1 Å². The molecule has 3 heterocycles. The van der Waals surface area contributed by atoms with E-state index in [1.807, 2.05) is 12.3 Å². The van der Waals surface area contributed by atoms with E-state index in [0.717, 1.165) is 31.3 Å². The molecule has 1 N–H and O–H groups in total. The van der Waals surface area contributed by atoms with Crippen molar-refractivity contribution in [3.63, 3.8) is 0 Å². The number of nitrogens with zero attached hydrogens (tertiary/aromatic N) is 2. The quantitative estimate of drug-likeness (QED) is 0.800. The largest absolute Gasteiger partial charge is 0.379 e. The van der Waals surface area contributed by atoms with Gasteiger partial charge >= 0.3 is 0 Å². The number of carbonyl (C=O) groups is 1. The van der Waals surface area contributed by atoms with Gasteiger partial charge < -0.3 is 10.1 Å². The van der Waals surface area contributed by atoms with Crippen molar-refractivity contribution >= 4 is 29.0 Å². The van der Waals surface area contributed by atoms with Gasteiger partial charge in [-0.25, -0.2) is 4.98 Å². The van der Waals surface area contributed by atoms with Gasteiger partial charge in [-0.3, -0.25) is 9.69 Å². The van der Waals surface area contributed by atoms with Crippen molar-refractivity contribution in [1.29, 1.82) is 0 Å². The minimum Gasteiger partial charge on any atom is -0.379 e. The molecular weight excluding hydrogens is 342 g/mol. The van der Waals surface area contributed by atoms with Crippen molar-refractivity contribution in [2.24, 2.45) is 0 Å². The van der Waals surface area contributed by atoms with Crippen LogP contribution in [0.1, 0.15) is 21.3 Å². The van der Waals surface area contributed by atoms with Crippen LogP contribution < -0.4 is 5.32 Å². The molecule has 0 bridgehead atoms. The van der Waals surface area contributed by atoms with E-state index in [0.29, 0.717) is 12.1 Å². The third kappa shape index (κ3) is 4.16. The van der Waals surface area contributed by atoms with Gasteiger partial charge in [-0.05, 0) is 29.8 Å². The van der Waals surface area contributed by atoms with Crippen molar-refractivity contribution in [1.82, 2.24) is 15.2 Å². The van der Waals surface area contributed by atoms with Crippen LogP contribution in [0.3, 0.4) is 0 Å². The SMILES string of the molecule is CSc1ncccc1C(=O)NC[C@@H](c1cccs1)N1CCOCC1. The lowest BCUT2D eigenvalue weighted by Crippen LogP contribution is -2.43.